The molecule has 0 spiro atoms. The van der Waals surface area contributed by atoms with Crippen LogP contribution in [0.3, 0.4) is 0 Å². The third kappa shape index (κ3) is 7.57. The van der Waals surface area contributed by atoms with Gasteiger partial charge in [0.2, 0.25) is 5.89 Å². The van der Waals surface area contributed by atoms with Crippen molar-refractivity contribution in [2.45, 2.75) is 70.4 Å². The van der Waals surface area contributed by atoms with Crippen LogP contribution in [0.4, 0.5) is 0 Å². The van der Waals surface area contributed by atoms with Crippen molar-refractivity contribution in [2.75, 3.05) is 6.54 Å². The maximum atomic E-state index is 5.28. The standard InChI is InChI=1S/C14H27N3OS/c1-6-9-15-11(2)7-8-13-16-12(17-18-13)10-19-14(3,4)5/h11,15H,6-10H2,1-5H3. The van der Waals surface area contributed by atoms with Crippen molar-refractivity contribution in [1.29, 1.82) is 0 Å². The molecule has 0 aromatic carbocycles. The van der Waals surface area contributed by atoms with Gasteiger partial charge in [0.25, 0.3) is 0 Å². The monoisotopic (exact) mass is 285 g/mol. The Kier molecular flexibility index (Phi) is 6.86. The first-order chi connectivity index (χ1) is 8.90. The van der Waals surface area contributed by atoms with Gasteiger partial charge in [-0.15, -0.1) is 11.8 Å². The van der Waals surface area contributed by atoms with Gasteiger partial charge in [-0.1, -0.05) is 32.9 Å². The molecule has 0 aliphatic heterocycles. The minimum atomic E-state index is 0.235. The van der Waals surface area contributed by atoms with E-state index in [0.29, 0.717) is 6.04 Å². The minimum Gasteiger partial charge on any atom is -0.339 e. The fraction of sp³-hybridized carbons (Fsp3) is 0.857. The summed E-state index contributed by atoms with van der Waals surface area (Å²) in [6.45, 7) is 12.0. The summed E-state index contributed by atoms with van der Waals surface area (Å²) in [7, 11) is 0. The average Bonchev–Trinajstić information content (AvgIpc) is 2.78. The van der Waals surface area contributed by atoms with Crippen LogP contribution in [-0.4, -0.2) is 27.5 Å². The van der Waals surface area contributed by atoms with E-state index in [4.69, 9.17) is 4.52 Å². The van der Waals surface area contributed by atoms with Gasteiger partial charge in [-0.25, -0.2) is 0 Å². The molecule has 1 aromatic heterocycles. The Bertz CT molecular complexity index is 360. The topological polar surface area (TPSA) is 51.0 Å². The van der Waals surface area contributed by atoms with Gasteiger partial charge in [0.1, 0.15) is 0 Å². The van der Waals surface area contributed by atoms with Crippen molar-refractivity contribution < 1.29 is 4.52 Å². The van der Waals surface area contributed by atoms with Crippen LogP contribution in [0.1, 0.15) is 59.2 Å². The van der Waals surface area contributed by atoms with Gasteiger partial charge in [0.05, 0.1) is 5.75 Å². The summed E-state index contributed by atoms with van der Waals surface area (Å²) in [5.41, 5.74) is 0. The summed E-state index contributed by atoms with van der Waals surface area (Å²) < 4.78 is 5.52. The number of nitrogens with zero attached hydrogens (tertiary/aromatic N) is 2. The average molecular weight is 285 g/mol. The lowest BCUT2D eigenvalue weighted by molar-refractivity contribution is 0.363. The number of hydrogen-bond donors (Lipinski definition) is 1. The van der Waals surface area contributed by atoms with Gasteiger partial charge in [-0.3, -0.25) is 0 Å². The van der Waals surface area contributed by atoms with E-state index in [9.17, 15) is 0 Å². The number of aryl methyl sites for hydroxylation is 1. The van der Waals surface area contributed by atoms with Gasteiger partial charge < -0.3 is 9.84 Å². The Hall–Kier alpha value is -0.550. The van der Waals surface area contributed by atoms with Crippen LogP contribution in [0.25, 0.3) is 0 Å². The summed E-state index contributed by atoms with van der Waals surface area (Å²) >= 11 is 1.84. The zero-order valence-electron chi connectivity index (χ0n) is 12.8. The molecule has 1 heterocycles. The highest BCUT2D eigenvalue weighted by molar-refractivity contribution is 7.99. The summed E-state index contributed by atoms with van der Waals surface area (Å²) in [5, 5.41) is 7.49. The highest BCUT2D eigenvalue weighted by Crippen LogP contribution is 2.26. The molecule has 0 radical (unpaired) electrons. The molecule has 0 aliphatic carbocycles. The van der Waals surface area contributed by atoms with E-state index in [1.165, 1.54) is 6.42 Å². The highest BCUT2D eigenvalue weighted by Gasteiger charge is 2.14. The molecule has 1 N–H and O–H groups in total. The van der Waals surface area contributed by atoms with Crippen molar-refractivity contribution in [3.63, 3.8) is 0 Å². The maximum absolute atomic E-state index is 5.28. The van der Waals surface area contributed by atoms with Gasteiger partial charge in [0.15, 0.2) is 5.82 Å². The molecule has 0 saturated carbocycles. The minimum absolute atomic E-state index is 0.235. The summed E-state index contributed by atoms with van der Waals surface area (Å²) in [4.78, 5) is 4.44. The van der Waals surface area contributed by atoms with Gasteiger partial charge >= 0.3 is 0 Å². The van der Waals surface area contributed by atoms with E-state index in [-0.39, 0.29) is 4.75 Å². The lowest BCUT2D eigenvalue weighted by Gasteiger charge is -2.15. The predicted octanol–water partition coefficient (Wildman–Crippen LogP) is 3.42. The Labute approximate surface area is 121 Å². The molecule has 0 amide bonds. The van der Waals surface area contributed by atoms with Gasteiger partial charge in [-0.05, 0) is 26.3 Å². The molecule has 0 aliphatic rings. The van der Waals surface area contributed by atoms with E-state index in [1.54, 1.807) is 0 Å². The Morgan fingerprint density at radius 2 is 2.11 bits per heavy atom. The van der Waals surface area contributed by atoms with Crippen molar-refractivity contribution in [3.8, 4) is 0 Å². The molecule has 19 heavy (non-hydrogen) atoms. The smallest absolute Gasteiger partial charge is 0.226 e. The summed E-state index contributed by atoms with van der Waals surface area (Å²) in [6.07, 6.45) is 3.05. The Morgan fingerprint density at radius 3 is 2.74 bits per heavy atom. The van der Waals surface area contributed by atoms with Crippen LogP contribution in [0, 0.1) is 0 Å². The second kappa shape index (κ2) is 7.90. The highest BCUT2D eigenvalue weighted by atomic mass is 32.2. The molecule has 1 aromatic rings. The second-order valence-corrected chi connectivity index (χ2v) is 7.70. The quantitative estimate of drug-likeness (QED) is 0.793. The SMILES string of the molecule is CCCNC(C)CCc1nc(CSC(C)(C)C)no1. The van der Waals surface area contributed by atoms with Crippen molar-refractivity contribution in [2.24, 2.45) is 0 Å². The molecule has 0 saturated heterocycles. The molecule has 5 heteroatoms. The molecule has 4 nitrogen and oxygen atoms in total. The second-order valence-electron chi connectivity index (χ2n) is 5.90. The van der Waals surface area contributed by atoms with Crippen LogP contribution in [0.5, 0.6) is 0 Å². The Morgan fingerprint density at radius 1 is 1.37 bits per heavy atom. The first kappa shape index (κ1) is 16.5. The third-order valence-electron chi connectivity index (χ3n) is 2.68. The third-order valence-corrected chi connectivity index (χ3v) is 3.95. The van der Waals surface area contributed by atoms with E-state index in [2.05, 4.69) is 50.1 Å². The van der Waals surface area contributed by atoms with E-state index in [1.807, 2.05) is 11.8 Å². The number of rotatable bonds is 8. The zero-order chi connectivity index (χ0) is 14.3. The largest absolute Gasteiger partial charge is 0.339 e. The van der Waals surface area contributed by atoms with Crippen molar-refractivity contribution >= 4 is 11.8 Å². The van der Waals surface area contributed by atoms with Crippen molar-refractivity contribution in [3.05, 3.63) is 11.7 Å². The van der Waals surface area contributed by atoms with Gasteiger partial charge in [-0.2, -0.15) is 4.98 Å². The lowest BCUT2D eigenvalue weighted by Crippen LogP contribution is -2.27. The van der Waals surface area contributed by atoms with Crippen molar-refractivity contribution in [1.82, 2.24) is 15.5 Å². The fourth-order valence-corrected chi connectivity index (χ4v) is 2.24. The molecule has 0 fully saturated rings. The van der Waals surface area contributed by atoms with Crippen LogP contribution in [0.2, 0.25) is 0 Å². The first-order valence-corrected chi connectivity index (χ1v) is 8.08. The van der Waals surface area contributed by atoms with Crippen LogP contribution in [0.15, 0.2) is 4.52 Å². The lowest BCUT2D eigenvalue weighted by atomic mass is 10.2. The van der Waals surface area contributed by atoms with Crippen LogP contribution in [-0.2, 0) is 12.2 Å². The summed E-state index contributed by atoms with van der Waals surface area (Å²) in [6, 6.07) is 0.499. The molecule has 1 unspecified atom stereocenters. The first-order valence-electron chi connectivity index (χ1n) is 7.09. The maximum Gasteiger partial charge on any atom is 0.226 e. The zero-order valence-corrected chi connectivity index (χ0v) is 13.6. The van der Waals surface area contributed by atoms with E-state index < -0.39 is 0 Å². The van der Waals surface area contributed by atoms with Crippen LogP contribution >= 0.6 is 11.8 Å². The molecule has 1 atom stereocenters. The van der Waals surface area contributed by atoms with Gasteiger partial charge in [0, 0.05) is 17.2 Å². The number of aromatic nitrogens is 2. The molecule has 110 valence electrons. The molecular formula is C14H27N3OS. The van der Waals surface area contributed by atoms with Crippen LogP contribution < -0.4 is 5.32 Å². The molecule has 1 rings (SSSR count). The normalized spacial score (nSPS) is 13.7. The number of hydrogen-bond acceptors (Lipinski definition) is 5. The fourth-order valence-electron chi connectivity index (χ4n) is 1.56. The summed E-state index contributed by atoms with van der Waals surface area (Å²) in [5.74, 6) is 2.38. The molecular weight excluding hydrogens is 258 g/mol. The van der Waals surface area contributed by atoms with E-state index >= 15 is 0 Å². The predicted molar refractivity (Wildman–Crippen MR) is 81.4 cm³/mol. The molecule has 0 bridgehead atoms. The number of nitrogens with one attached hydrogen (secondary N) is 1. The number of thioether (sulfide) groups is 1. The Balaban J connectivity index is 2.30. The van der Waals surface area contributed by atoms with E-state index in [0.717, 1.165) is 36.9 Å².